The largest absolute Gasteiger partial charge is 0.379 e. The van der Waals surface area contributed by atoms with E-state index in [9.17, 15) is 4.79 Å². The normalized spacial score (nSPS) is 19.0. The molecule has 0 spiro atoms. The molecule has 25 heavy (non-hydrogen) atoms. The van der Waals surface area contributed by atoms with Gasteiger partial charge < -0.3 is 15.0 Å². The quantitative estimate of drug-likeness (QED) is 0.784. The van der Waals surface area contributed by atoms with E-state index in [1.807, 2.05) is 4.90 Å². The molecule has 1 N–H and O–H groups in total. The Hall–Kier alpha value is -1.37. The summed E-state index contributed by atoms with van der Waals surface area (Å²) in [4.78, 5) is 21.1. The first-order chi connectivity index (χ1) is 12.2. The molecular weight excluding hydrogens is 340 g/mol. The molecule has 3 heterocycles. The number of morpholine rings is 1. The van der Waals surface area contributed by atoms with Gasteiger partial charge in [-0.25, -0.2) is 4.98 Å². The van der Waals surface area contributed by atoms with Crippen LogP contribution in [0.3, 0.4) is 0 Å². The van der Waals surface area contributed by atoms with E-state index in [2.05, 4.69) is 15.2 Å². The molecule has 2 saturated heterocycles. The van der Waals surface area contributed by atoms with Gasteiger partial charge in [-0.2, -0.15) is 0 Å². The van der Waals surface area contributed by atoms with Crippen molar-refractivity contribution in [1.29, 1.82) is 0 Å². The number of hydrogen-bond donors (Lipinski definition) is 1. The summed E-state index contributed by atoms with van der Waals surface area (Å²) in [6, 6.07) is 1.73. The van der Waals surface area contributed by atoms with Gasteiger partial charge in [0.15, 0.2) is 0 Å². The molecule has 0 atom stereocenters. The smallest absolute Gasteiger partial charge is 0.255 e. The number of ether oxygens (including phenoxy) is 1. The van der Waals surface area contributed by atoms with E-state index < -0.39 is 0 Å². The highest BCUT2D eigenvalue weighted by Gasteiger charge is 2.19. The van der Waals surface area contributed by atoms with Crippen LogP contribution >= 0.6 is 11.6 Å². The Morgan fingerprint density at radius 3 is 2.68 bits per heavy atom. The molecular formula is C18H27ClN4O2. The molecule has 6 nitrogen and oxygen atoms in total. The number of likely N-dealkylation sites (tertiary alicyclic amines) is 1. The lowest BCUT2D eigenvalue weighted by Crippen LogP contribution is -2.37. The fourth-order valence-corrected chi connectivity index (χ4v) is 3.53. The molecule has 7 heteroatoms. The summed E-state index contributed by atoms with van der Waals surface area (Å²) in [5.41, 5.74) is 0.575. The van der Waals surface area contributed by atoms with Gasteiger partial charge in [0.25, 0.3) is 5.91 Å². The molecule has 0 saturated carbocycles. The lowest BCUT2D eigenvalue weighted by molar-refractivity contribution is 0.0378. The minimum atomic E-state index is 0.0352. The van der Waals surface area contributed by atoms with Crippen LogP contribution in [0.2, 0.25) is 5.02 Å². The lowest BCUT2D eigenvalue weighted by Gasteiger charge is -2.27. The number of aromatic nitrogens is 1. The van der Waals surface area contributed by atoms with E-state index in [1.165, 1.54) is 6.42 Å². The van der Waals surface area contributed by atoms with Gasteiger partial charge in [-0.05, 0) is 38.3 Å². The number of halogens is 1. The average molecular weight is 367 g/mol. The van der Waals surface area contributed by atoms with Gasteiger partial charge >= 0.3 is 0 Å². The van der Waals surface area contributed by atoms with E-state index in [0.717, 1.165) is 71.7 Å². The highest BCUT2D eigenvalue weighted by Crippen LogP contribution is 2.22. The minimum absolute atomic E-state index is 0.0352. The summed E-state index contributed by atoms with van der Waals surface area (Å²) in [7, 11) is 0. The topological polar surface area (TPSA) is 57.7 Å². The lowest BCUT2D eigenvalue weighted by atomic mass is 10.1. The molecule has 0 bridgehead atoms. The fraction of sp³-hybridized carbons (Fsp3) is 0.667. The Kier molecular flexibility index (Phi) is 6.90. The van der Waals surface area contributed by atoms with Crippen molar-refractivity contribution in [3.8, 4) is 0 Å². The maximum absolute atomic E-state index is 12.5. The second kappa shape index (κ2) is 9.36. The molecule has 138 valence electrons. The van der Waals surface area contributed by atoms with Crippen LogP contribution in [0.1, 0.15) is 36.0 Å². The first-order valence-electron chi connectivity index (χ1n) is 9.23. The van der Waals surface area contributed by atoms with Crippen LogP contribution in [0, 0.1) is 0 Å². The minimum Gasteiger partial charge on any atom is -0.379 e. The first-order valence-corrected chi connectivity index (χ1v) is 9.60. The molecule has 0 unspecified atom stereocenters. The maximum atomic E-state index is 12.5. The van der Waals surface area contributed by atoms with E-state index in [-0.39, 0.29) is 5.91 Å². The monoisotopic (exact) mass is 366 g/mol. The number of nitrogens with one attached hydrogen (secondary N) is 1. The van der Waals surface area contributed by atoms with Crippen molar-refractivity contribution in [3.63, 3.8) is 0 Å². The van der Waals surface area contributed by atoms with Crippen LogP contribution in [0.25, 0.3) is 0 Å². The molecule has 0 aliphatic carbocycles. The zero-order valence-corrected chi connectivity index (χ0v) is 15.4. The highest BCUT2D eigenvalue weighted by molar-refractivity contribution is 6.33. The Morgan fingerprint density at radius 1 is 1.20 bits per heavy atom. The average Bonchev–Trinajstić information content (AvgIpc) is 2.67. The summed E-state index contributed by atoms with van der Waals surface area (Å²) < 4.78 is 5.35. The van der Waals surface area contributed by atoms with E-state index in [4.69, 9.17) is 16.3 Å². The number of carbonyl (C=O) groups is 1. The van der Waals surface area contributed by atoms with Crippen molar-refractivity contribution in [1.82, 2.24) is 14.8 Å². The van der Waals surface area contributed by atoms with Crippen LogP contribution in [0.4, 0.5) is 5.82 Å². The van der Waals surface area contributed by atoms with Gasteiger partial charge in [-0.1, -0.05) is 11.6 Å². The van der Waals surface area contributed by atoms with E-state index in [1.54, 1.807) is 12.3 Å². The third-order valence-electron chi connectivity index (χ3n) is 4.78. The van der Waals surface area contributed by atoms with Crippen LogP contribution < -0.4 is 5.32 Å². The van der Waals surface area contributed by atoms with Crippen molar-refractivity contribution >= 4 is 23.3 Å². The van der Waals surface area contributed by atoms with Gasteiger partial charge in [0.1, 0.15) is 5.82 Å². The van der Waals surface area contributed by atoms with Crippen molar-refractivity contribution < 1.29 is 9.53 Å². The number of rotatable bonds is 6. The molecule has 1 aromatic rings. The predicted molar refractivity (Wildman–Crippen MR) is 99.4 cm³/mol. The van der Waals surface area contributed by atoms with Gasteiger partial charge in [0, 0.05) is 38.9 Å². The maximum Gasteiger partial charge on any atom is 0.255 e. The zero-order chi connectivity index (χ0) is 17.5. The van der Waals surface area contributed by atoms with Gasteiger partial charge in [0.2, 0.25) is 0 Å². The Bertz CT molecular complexity index is 572. The third kappa shape index (κ3) is 5.30. The van der Waals surface area contributed by atoms with Gasteiger partial charge in [-0.3, -0.25) is 9.69 Å². The number of amides is 1. The number of anilines is 1. The molecule has 0 radical (unpaired) electrons. The van der Waals surface area contributed by atoms with Crippen LogP contribution in [0.15, 0.2) is 12.3 Å². The Morgan fingerprint density at radius 2 is 1.96 bits per heavy atom. The standard InChI is InChI=1S/C18H27ClN4O2/c19-16-13-15(18(24)23-7-2-1-3-8-23)14-21-17(16)20-5-4-6-22-9-11-25-12-10-22/h13-14H,1-12H2,(H,20,21). The molecule has 1 amide bonds. The van der Waals surface area contributed by atoms with Crippen LogP contribution in [-0.2, 0) is 4.74 Å². The predicted octanol–water partition coefficient (Wildman–Crippen LogP) is 2.50. The van der Waals surface area contributed by atoms with Crippen molar-refractivity contribution in [2.45, 2.75) is 25.7 Å². The molecule has 1 aromatic heterocycles. The van der Waals surface area contributed by atoms with E-state index in [0.29, 0.717) is 16.4 Å². The number of pyridine rings is 1. The van der Waals surface area contributed by atoms with Crippen molar-refractivity contribution in [2.24, 2.45) is 0 Å². The fourth-order valence-electron chi connectivity index (χ4n) is 3.30. The molecule has 2 fully saturated rings. The summed E-state index contributed by atoms with van der Waals surface area (Å²) in [6.45, 7) is 7.18. The molecule has 2 aliphatic heterocycles. The summed E-state index contributed by atoms with van der Waals surface area (Å²) in [5.74, 6) is 0.687. The summed E-state index contributed by atoms with van der Waals surface area (Å²) in [6.07, 6.45) is 6.01. The number of nitrogens with zero attached hydrogens (tertiary/aromatic N) is 3. The molecule has 2 aliphatic rings. The number of piperidine rings is 1. The van der Waals surface area contributed by atoms with Crippen molar-refractivity contribution in [3.05, 3.63) is 22.8 Å². The first kappa shape index (κ1) is 18.4. The second-order valence-corrected chi connectivity index (χ2v) is 7.05. The zero-order valence-electron chi connectivity index (χ0n) is 14.7. The second-order valence-electron chi connectivity index (χ2n) is 6.64. The third-order valence-corrected chi connectivity index (χ3v) is 5.07. The van der Waals surface area contributed by atoms with Crippen LogP contribution in [0.5, 0.6) is 0 Å². The highest BCUT2D eigenvalue weighted by atomic mass is 35.5. The summed E-state index contributed by atoms with van der Waals surface area (Å²) in [5, 5.41) is 3.78. The van der Waals surface area contributed by atoms with E-state index >= 15 is 0 Å². The van der Waals surface area contributed by atoms with Crippen LogP contribution in [-0.4, -0.2) is 73.2 Å². The van der Waals surface area contributed by atoms with Gasteiger partial charge in [0.05, 0.1) is 23.8 Å². The van der Waals surface area contributed by atoms with Crippen molar-refractivity contribution in [2.75, 3.05) is 57.8 Å². The number of carbonyl (C=O) groups excluding carboxylic acids is 1. The van der Waals surface area contributed by atoms with Gasteiger partial charge in [-0.15, -0.1) is 0 Å². The Balaban J connectivity index is 1.47. The number of hydrogen-bond acceptors (Lipinski definition) is 5. The SMILES string of the molecule is O=C(c1cnc(NCCCN2CCOCC2)c(Cl)c1)N1CCCCC1. The summed E-state index contributed by atoms with van der Waals surface area (Å²) >= 11 is 6.32. The molecule has 3 rings (SSSR count). The molecule has 0 aromatic carbocycles. The Labute approximate surface area is 154 Å².